The first-order valence-corrected chi connectivity index (χ1v) is 14.2. The summed E-state index contributed by atoms with van der Waals surface area (Å²) in [6.07, 6.45) is -2.29. The maximum Gasteiger partial charge on any atom is 0.573 e. The average Bonchev–Trinajstić information content (AvgIpc) is 3.47. The number of alkyl halides is 3. The van der Waals surface area contributed by atoms with Gasteiger partial charge in [0, 0.05) is 41.2 Å². The third kappa shape index (κ3) is 6.30. The third-order valence-corrected chi connectivity index (χ3v) is 8.64. The number of benzene rings is 2. The smallest absolute Gasteiger partial charge is 0.406 e. The van der Waals surface area contributed by atoms with Crippen LogP contribution < -0.4 is 10.1 Å². The van der Waals surface area contributed by atoms with Crippen molar-refractivity contribution in [1.82, 2.24) is 14.2 Å². The van der Waals surface area contributed by atoms with Crippen molar-refractivity contribution >= 4 is 38.7 Å². The van der Waals surface area contributed by atoms with Crippen molar-refractivity contribution in [2.24, 2.45) is 4.99 Å². The van der Waals surface area contributed by atoms with E-state index in [-0.39, 0.29) is 50.5 Å². The fourth-order valence-electron chi connectivity index (χ4n) is 4.96. The van der Waals surface area contributed by atoms with E-state index in [0.29, 0.717) is 5.56 Å². The molecule has 0 aliphatic carbocycles. The standard InChI is InChI=1S/C27H27F3N4O6S/c28-27(29,30)40-22-3-1-2-20(15-22)24-31-25(37)26(32-24)8-11-34(12-9-26)41(38,39)13-7-18-4-5-23-19(14-18)6-10-33(23)16-21(36)17-35/h1-7,10,13-15,21,35-36H,8-9,11-12,16-17H2,(H,31,32,37)/b13-7+. The second-order valence-corrected chi connectivity index (χ2v) is 11.7. The number of hydrogen-bond donors (Lipinski definition) is 3. The van der Waals surface area contributed by atoms with Gasteiger partial charge in [-0.3, -0.25) is 9.79 Å². The highest BCUT2D eigenvalue weighted by atomic mass is 32.2. The van der Waals surface area contributed by atoms with E-state index in [1.54, 1.807) is 22.9 Å². The number of hydrogen-bond acceptors (Lipinski definition) is 7. The first kappa shape index (κ1) is 28.8. The van der Waals surface area contributed by atoms with E-state index in [9.17, 15) is 31.5 Å². The average molecular weight is 593 g/mol. The second kappa shape index (κ2) is 10.9. The number of carbonyl (C=O) groups excluding carboxylic acids is 1. The number of piperidine rings is 1. The van der Waals surface area contributed by atoms with E-state index >= 15 is 0 Å². The Morgan fingerprint density at radius 3 is 2.61 bits per heavy atom. The molecule has 2 aliphatic heterocycles. The highest BCUT2D eigenvalue weighted by molar-refractivity contribution is 7.92. The Bertz CT molecular complexity index is 1630. The largest absolute Gasteiger partial charge is 0.573 e. The molecule has 14 heteroatoms. The summed E-state index contributed by atoms with van der Waals surface area (Å²) < 4.78 is 70.9. The van der Waals surface area contributed by atoms with Crippen LogP contribution in [0.1, 0.15) is 24.0 Å². The van der Waals surface area contributed by atoms with Crippen LogP contribution in [0.3, 0.4) is 0 Å². The summed E-state index contributed by atoms with van der Waals surface area (Å²) in [4.78, 5) is 17.3. The van der Waals surface area contributed by atoms with E-state index < -0.39 is 39.7 Å². The molecule has 3 aromatic rings. The molecule has 2 aliphatic rings. The molecule has 2 aromatic carbocycles. The molecule has 1 amide bonds. The lowest BCUT2D eigenvalue weighted by Gasteiger charge is -2.34. The van der Waals surface area contributed by atoms with Crippen molar-refractivity contribution in [2.75, 3.05) is 19.7 Å². The van der Waals surface area contributed by atoms with Crippen molar-refractivity contribution in [3.8, 4) is 5.75 Å². The van der Waals surface area contributed by atoms with Crippen LogP contribution >= 0.6 is 0 Å². The van der Waals surface area contributed by atoms with Gasteiger partial charge in [-0.1, -0.05) is 18.2 Å². The Kier molecular flexibility index (Phi) is 7.68. The van der Waals surface area contributed by atoms with Gasteiger partial charge in [-0.25, -0.2) is 8.42 Å². The molecule has 3 heterocycles. The van der Waals surface area contributed by atoms with E-state index in [1.165, 1.54) is 22.5 Å². The van der Waals surface area contributed by atoms with Crippen molar-refractivity contribution in [2.45, 2.75) is 37.4 Å². The van der Waals surface area contributed by atoms with Crippen molar-refractivity contribution < 1.29 is 41.3 Å². The maximum atomic E-state index is 13.0. The number of nitrogens with zero attached hydrogens (tertiary/aromatic N) is 3. The Morgan fingerprint density at radius 2 is 1.90 bits per heavy atom. The molecule has 1 fully saturated rings. The maximum absolute atomic E-state index is 13.0. The number of aromatic nitrogens is 1. The molecule has 0 radical (unpaired) electrons. The number of carbonyl (C=O) groups is 1. The molecule has 1 atom stereocenters. The van der Waals surface area contributed by atoms with Crippen LogP contribution in [-0.4, -0.2) is 76.9 Å². The molecule has 0 saturated carbocycles. The quantitative estimate of drug-likeness (QED) is 0.368. The topological polar surface area (TPSA) is 133 Å². The van der Waals surface area contributed by atoms with Gasteiger partial charge in [0.05, 0.1) is 19.3 Å². The van der Waals surface area contributed by atoms with Gasteiger partial charge in [-0.15, -0.1) is 13.2 Å². The monoisotopic (exact) mass is 592 g/mol. The fraction of sp³-hybridized carbons (Fsp3) is 0.333. The number of ether oxygens (including phenoxy) is 1. The number of aliphatic hydroxyl groups excluding tert-OH is 2. The molecule has 1 spiro atoms. The van der Waals surface area contributed by atoms with Crippen LogP contribution in [0, 0.1) is 0 Å². The number of halogens is 3. The Balaban J connectivity index is 1.26. The number of sulfonamides is 1. The van der Waals surface area contributed by atoms with Crippen LogP contribution in [-0.2, 0) is 21.4 Å². The molecular weight excluding hydrogens is 565 g/mol. The normalized spacial score (nSPS) is 18.7. The summed E-state index contributed by atoms with van der Waals surface area (Å²) in [5.41, 5.74) is 0.504. The number of nitrogens with one attached hydrogen (secondary N) is 1. The zero-order valence-corrected chi connectivity index (χ0v) is 22.4. The van der Waals surface area contributed by atoms with Gasteiger partial charge >= 0.3 is 6.36 Å². The lowest BCUT2D eigenvalue weighted by molar-refractivity contribution is -0.274. The summed E-state index contributed by atoms with van der Waals surface area (Å²) >= 11 is 0. The van der Waals surface area contributed by atoms with E-state index in [4.69, 9.17) is 5.11 Å². The third-order valence-electron chi connectivity index (χ3n) is 7.08. The summed E-state index contributed by atoms with van der Waals surface area (Å²) in [6, 6.07) is 12.3. The van der Waals surface area contributed by atoms with Crippen LogP contribution in [0.4, 0.5) is 13.2 Å². The lowest BCUT2D eigenvalue weighted by atomic mass is 9.89. The summed E-state index contributed by atoms with van der Waals surface area (Å²) in [5, 5.41) is 23.4. The summed E-state index contributed by atoms with van der Waals surface area (Å²) in [5.74, 6) is -0.777. The molecule has 218 valence electrons. The molecule has 41 heavy (non-hydrogen) atoms. The Labute approximate surface area is 233 Å². The van der Waals surface area contributed by atoms with Crippen molar-refractivity contribution in [3.05, 3.63) is 71.3 Å². The molecule has 0 bridgehead atoms. The number of fused-ring (bicyclic) bond motifs is 1. The van der Waals surface area contributed by atoms with Crippen LogP contribution in [0.5, 0.6) is 5.75 Å². The highest BCUT2D eigenvalue weighted by Gasteiger charge is 2.47. The molecule has 10 nitrogen and oxygen atoms in total. The minimum atomic E-state index is -4.86. The van der Waals surface area contributed by atoms with Gasteiger partial charge in [0.15, 0.2) is 0 Å². The zero-order chi connectivity index (χ0) is 29.4. The molecule has 1 unspecified atom stereocenters. The first-order chi connectivity index (χ1) is 19.4. The van der Waals surface area contributed by atoms with Crippen molar-refractivity contribution in [1.29, 1.82) is 0 Å². The number of aliphatic imine (C=N–C) groups is 1. The van der Waals surface area contributed by atoms with Gasteiger partial charge in [0.2, 0.25) is 10.0 Å². The minimum absolute atomic E-state index is 0.0309. The molecule has 5 rings (SSSR count). The minimum Gasteiger partial charge on any atom is -0.406 e. The van der Waals surface area contributed by atoms with Gasteiger partial charge in [0.25, 0.3) is 5.91 Å². The number of rotatable bonds is 8. The Hall–Kier alpha value is -3.72. The second-order valence-electron chi connectivity index (χ2n) is 9.89. The summed E-state index contributed by atoms with van der Waals surface area (Å²) in [6.45, 7) is -0.0718. The van der Waals surface area contributed by atoms with Crippen LogP contribution in [0.15, 0.2) is 65.1 Å². The van der Waals surface area contributed by atoms with Crippen LogP contribution in [0.25, 0.3) is 17.0 Å². The molecule has 1 saturated heterocycles. The molecular formula is C27H27F3N4O6S. The number of amidine groups is 1. The van der Waals surface area contributed by atoms with Gasteiger partial charge < -0.3 is 24.8 Å². The van der Waals surface area contributed by atoms with E-state index in [1.807, 2.05) is 12.1 Å². The molecule has 3 N–H and O–H groups in total. The molecule has 1 aromatic heterocycles. The fourth-order valence-corrected chi connectivity index (χ4v) is 6.15. The SMILES string of the molecule is O=C1NC(c2cccc(OC(F)(F)F)c2)=NC12CCN(S(=O)(=O)/C=C/c1ccc3c(ccn3CC(O)CO)c1)CC2. The van der Waals surface area contributed by atoms with Gasteiger partial charge in [-0.2, -0.15) is 4.31 Å². The predicted octanol–water partition coefficient (Wildman–Crippen LogP) is 2.60. The van der Waals surface area contributed by atoms with Crippen LogP contribution in [0.2, 0.25) is 0 Å². The predicted molar refractivity (Wildman–Crippen MR) is 144 cm³/mol. The lowest BCUT2D eigenvalue weighted by Crippen LogP contribution is -2.50. The highest BCUT2D eigenvalue weighted by Crippen LogP contribution is 2.33. The summed E-state index contributed by atoms with van der Waals surface area (Å²) in [7, 11) is -3.82. The van der Waals surface area contributed by atoms with Gasteiger partial charge in [-0.05, 0) is 54.8 Å². The number of amides is 1. The Morgan fingerprint density at radius 1 is 1.15 bits per heavy atom. The van der Waals surface area contributed by atoms with E-state index in [2.05, 4.69) is 15.0 Å². The van der Waals surface area contributed by atoms with Gasteiger partial charge in [0.1, 0.15) is 17.1 Å². The first-order valence-electron chi connectivity index (χ1n) is 12.7. The zero-order valence-electron chi connectivity index (χ0n) is 21.6. The van der Waals surface area contributed by atoms with E-state index in [0.717, 1.165) is 28.4 Å². The number of aliphatic hydroxyl groups is 2. The van der Waals surface area contributed by atoms with Crippen molar-refractivity contribution in [3.63, 3.8) is 0 Å².